The highest BCUT2D eigenvalue weighted by molar-refractivity contribution is 9.10. The van der Waals surface area contributed by atoms with Crippen molar-refractivity contribution in [1.82, 2.24) is 14.9 Å². The Kier molecular flexibility index (Phi) is 3.91. The summed E-state index contributed by atoms with van der Waals surface area (Å²) in [5.74, 6) is 0.885. The highest BCUT2D eigenvalue weighted by atomic mass is 79.9. The lowest BCUT2D eigenvalue weighted by Crippen LogP contribution is -2.26. The van der Waals surface area contributed by atoms with Crippen molar-refractivity contribution >= 4 is 21.7 Å². The van der Waals surface area contributed by atoms with E-state index in [1.54, 1.807) is 6.33 Å². The van der Waals surface area contributed by atoms with Crippen molar-refractivity contribution in [2.75, 3.05) is 31.5 Å². The normalized spacial score (nSPS) is 16.9. The van der Waals surface area contributed by atoms with Crippen LogP contribution < -0.4 is 5.32 Å². The molecule has 2 rings (SSSR count). The summed E-state index contributed by atoms with van der Waals surface area (Å²) in [6.07, 6.45) is 4.25. The molecule has 0 unspecified atom stereocenters. The van der Waals surface area contributed by atoms with Crippen LogP contribution in [0.25, 0.3) is 0 Å². The topological polar surface area (TPSA) is 41.0 Å². The molecule has 0 aromatic carbocycles. The number of rotatable bonds is 4. The third-order valence-electron chi connectivity index (χ3n) is 2.57. The second-order valence-electron chi connectivity index (χ2n) is 3.70. The van der Waals surface area contributed by atoms with Crippen LogP contribution in [0.15, 0.2) is 17.0 Å². The molecule has 1 saturated heterocycles. The molecule has 0 bridgehead atoms. The summed E-state index contributed by atoms with van der Waals surface area (Å²) < 4.78 is 0.821. The van der Waals surface area contributed by atoms with Crippen LogP contribution in [0, 0.1) is 0 Å². The van der Waals surface area contributed by atoms with Crippen molar-refractivity contribution in [3.8, 4) is 0 Å². The fourth-order valence-electron chi connectivity index (χ4n) is 1.78. The average molecular weight is 271 g/mol. The van der Waals surface area contributed by atoms with Crippen LogP contribution in [0.5, 0.6) is 0 Å². The van der Waals surface area contributed by atoms with Gasteiger partial charge in [-0.1, -0.05) is 0 Å². The highest BCUT2D eigenvalue weighted by Gasteiger charge is 2.10. The van der Waals surface area contributed by atoms with E-state index in [4.69, 9.17) is 0 Å². The summed E-state index contributed by atoms with van der Waals surface area (Å²) in [4.78, 5) is 10.6. The molecule has 1 aromatic rings. The van der Waals surface area contributed by atoms with Gasteiger partial charge in [0, 0.05) is 19.2 Å². The number of anilines is 1. The lowest BCUT2D eigenvalue weighted by Gasteiger charge is -2.14. The maximum Gasteiger partial charge on any atom is 0.130 e. The largest absolute Gasteiger partial charge is 0.369 e. The van der Waals surface area contributed by atoms with Crippen LogP contribution in [0.3, 0.4) is 0 Å². The maximum atomic E-state index is 4.13. The van der Waals surface area contributed by atoms with Gasteiger partial charge in [0.1, 0.15) is 16.7 Å². The average Bonchev–Trinajstić information content (AvgIpc) is 2.71. The molecule has 1 aromatic heterocycles. The first kappa shape index (κ1) is 10.8. The smallest absolute Gasteiger partial charge is 0.130 e. The van der Waals surface area contributed by atoms with E-state index < -0.39 is 0 Å². The summed E-state index contributed by atoms with van der Waals surface area (Å²) in [6, 6.07) is 1.89. The maximum absolute atomic E-state index is 4.13. The van der Waals surface area contributed by atoms with Gasteiger partial charge >= 0.3 is 0 Å². The zero-order chi connectivity index (χ0) is 10.5. The minimum absolute atomic E-state index is 0.821. The van der Waals surface area contributed by atoms with Gasteiger partial charge in [0.2, 0.25) is 0 Å². The number of nitrogens with one attached hydrogen (secondary N) is 1. The minimum Gasteiger partial charge on any atom is -0.369 e. The molecule has 0 atom stereocenters. The van der Waals surface area contributed by atoms with E-state index in [1.807, 2.05) is 6.07 Å². The molecule has 0 aliphatic carbocycles. The van der Waals surface area contributed by atoms with Crippen molar-refractivity contribution in [2.45, 2.75) is 12.8 Å². The molecule has 82 valence electrons. The van der Waals surface area contributed by atoms with E-state index >= 15 is 0 Å². The van der Waals surface area contributed by atoms with Gasteiger partial charge in [-0.2, -0.15) is 0 Å². The Morgan fingerprint density at radius 2 is 2.13 bits per heavy atom. The Morgan fingerprint density at radius 3 is 2.87 bits per heavy atom. The Balaban J connectivity index is 1.73. The Bertz CT molecular complexity index is 312. The molecule has 4 nitrogen and oxygen atoms in total. The standard InChI is InChI=1S/C10H15BrN4/c11-9-7-10(14-8-13-9)12-3-6-15-4-1-2-5-15/h7-8H,1-6H2,(H,12,13,14). The zero-order valence-electron chi connectivity index (χ0n) is 8.62. The van der Waals surface area contributed by atoms with Gasteiger partial charge < -0.3 is 10.2 Å². The Hall–Kier alpha value is -0.680. The number of halogens is 1. The molecule has 0 radical (unpaired) electrons. The summed E-state index contributed by atoms with van der Waals surface area (Å²) in [7, 11) is 0. The fraction of sp³-hybridized carbons (Fsp3) is 0.600. The van der Waals surface area contributed by atoms with Crippen LogP contribution in [0.4, 0.5) is 5.82 Å². The number of aromatic nitrogens is 2. The van der Waals surface area contributed by atoms with E-state index in [9.17, 15) is 0 Å². The van der Waals surface area contributed by atoms with Gasteiger partial charge in [0.15, 0.2) is 0 Å². The fourth-order valence-corrected chi connectivity index (χ4v) is 2.09. The molecule has 0 saturated carbocycles. The predicted molar refractivity (Wildman–Crippen MR) is 63.9 cm³/mol. The number of likely N-dealkylation sites (tertiary alicyclic amines) is 1. The molecule has 1 aliphatic rings. The highest BCUT2D eigenvalue weighted by Crippen LogP contribution is 2.10. The van der Waals surface area contributed by atoms with Crippen molar-refractivity contribution in [3.63, 3.8) is 0 Å². The van der Waals surface area contributed by atoms with Gasteiger partial charge in [-0.25, -0.2) is 9.97 Å². The van der Waals surface area contributed by atoms with Gasteiger partial charge in [0.05, 0.1) is 0 Å². The van der Waals surface area contributed by atoms with E-state index in [2.05, 4.69) is 36.1 Å². The number of nitrogens with zero attached hydrogens (tertiary/aromatic N) is 3. The molecular weight excluding hydrogens is 256 g/mol. The first-order chi connectivity index (χ1) is 7.34. The molecule has 1 N–H and O–H groups in total. The summed E-state index contributed by atoms with van der Waals surface area (Å²) >= 11 is 3.32. The molecule has 0 spiro atoms. The van der Waals surface area contributed by atoms with E-state index in [-0.39, 0.29) is 0 Å². The van der Waals surface area contributed by atoms with Crippen LogP contribution in [0.2, 0.25) is 0 Å². The van der Waals surface area contributed by atoms with E-state index in [0.29, 0.717) is 0 Å². The molecular formula is C10H15BrN4. The van der Waals surface area contributed by atoms with Crippen LogP contribution in [0.1, 0.15) is 12.8 Å². The Morgan fingerprint density at radius 1 is 1.33 bits per heavy atom. The van der Waals surface area contributed by atoms with Gasteiger partial charge in [-0.15, -0.1) is 0 Å². The van der Waals surface area contributed by atoms with Crippen molar-refractivity contribution in [2.24, 2.45) is 0 Å². The number of hydrogen-bond acceptors (Lipinski definition) is 4. The van der Waals surface area contributed by atoms with Crippen molar-refractivity contribution < 1.29 is 0 Å². The lowest BCUT2D eigenvalue weighted by molar-refractivity contribution is 0.352. The second kappa shape index (κ2) is 5.42. The summed E-state index contributed by atoms with van der Waals surface area (Å²) in [5, 5.41) is 3.29. The third-order valence-corrected chi connectivity index (χ3v) is 3.00. The van der Waals surface area contributed by atoms with Crippen molar-refractivity contribution in [3.05, 3.63) is 17.0 Å². The minimum atomic E-state index is 0.821. The van der Waals surface area contributed by atoms with Gasteiger partial charge in [0.25, 0.3) is 0 Å². The number of hydrogen-bond donors (Lipinski definition) is 1. The quantitative estimate of drug-likeness (QED) is 0.847. The Labute approximate surface area is 98.2 Å². The van der Waals surface area contributed by atoms with Crippen molar-refractivity contribution in [1.29, 1.82) is 0 Å². The van der Waals surface area contributed by atoms with E-state index in [0.717, 1.165) is 23.5 Å². The summed E-state index contributed by atoms with van der Waals surface area (Å²) in [5.41, 5.74) is 0. The molecule has 5 heteroatoms. The van der Waals surface area contributed by atoms with Crippen LogP contribution in [-0.4, -0.2) is 41.0 Å². The second-order valence-corrected chi connectivity index (χ2v) is 4.51. The first-order valence-corrected chi connectivity index (χ1v) is 6.08. The molecule has 0 amide bonds. The monoisotopic (exact) mass is 270 g/mol. The zero-order valence-corrected chi connectivity index (χ0v) is 10.2. The third kappa shape index (κ3) is 3.43. The van der Waals surface area contributed by atoms with E-state index in [1.165, 1.54) is 25.9 Å². The van der Waals surface area contributed by atoms with Crippen LogP contribution in [-0.2, 0) is 0 Å². The molecule has 2 heterocycles. The lowest BCUT2D eigenvalue weighted by atomic mass is 10.4. The summed E-state index contributed by atoms with van der Waals surface area (Å²) in [6.45, 7) is 4.54. The SMILES string of the molecule is Brc1cc(NCCN2CCCC2)ncn1. The molecule has 1 aliphatic heterocycles. The predicted octanol–water partition coefficient (Wildman–Crippen LogP) is 1.75. The first-order valence-electron chi connectivity index (χ1n) is 5.28. The molecule has 1 fully saturated rings. The van der Waals surface area contributed by atoms with Gasteiger partial charge in [-0.3, -0.25) is 0 Å². The van der Waals surface area contributed by atoms with Gasteiger partial charge in [-0.05, 0) is 41.9 Å². The van der Waals surface area contributed by atoms with Crippen LogP contribution >= 0.6 is 15.9 Å². The molecule has 15 heavy (non-hydrogen) atoms.